The van der Waals surface area contributed by atoms with Gasteiger partial charge in [-0.15, -0.1) is 0 Å². The smallest absolute Gasteiger partial charge is 0.408 e. The monoisotopic (exact) mass is 493 g/mol. The summed E-state index contributed by atoms with van der Waals surface area (Å²) in [6.45, 7) is 0.322. The van der Waals surface area contributed by atoms with Gasteiger partial charge in [0.2, 0.25) is 15.9 Å². The lowest BCUT2D eigenvalue weighted by molar-refractivity contribution is -0.116. The van der Waals surface area contributed by atoms with Gasteiger partial charge in [-0.1, -0.05) is 12.1 Å². The van der Waals surface area contributed by atoms with Gasteiger partial charge in [-0.3, -0.25) is 9.36 Å². The van der Waals surface area contributed by atoms with Crippen molar-refractivity contribution in [3.05, 3.63) is 59.1 Å². The molecule has 12 heteroatoms. The van der Waals surface area contributed by atoms with Crippen molar-refractivity contribution in [2.45, 2.75) is 36.7 Å². The molecular weight excluding hydrogens is 470 g/mol. The number of para-hydroxylation sites is 2. The van der Waals surface area contributed by atoms with Crippen molar-refractivity contribution in [3.8, 4) is 0 Å². The van der Waals surface area contributed by atoms with E-state index in [1.807, 2.05) is 0 Å². The van der Waals surface area contributed by atoms with Crippen molar-refractivity contribution < 1.29 is 26.0 Å². The first-order chi connectivity index (χ1) is 15.6. The number of hydrogen-bond donors (Lipinski definition) is 2. The van der Waals surface area contributed by atoms with Crippen LogP contribution in [0.1, 0.15) is 19.3 Å². The molecule has 2 N–H and O–H groups in total. The summed E-state index contributed by atoms with van der Waals surface area (Å²) >= 11 is 0. The van der Waals surface area contributed by atoms with Crippen molar-refractivity contribution in [1.29, 1.82) is 0 Å². The minimum atomic E-state index is -3.87. The number of oxazole rings is 1. The first-order valence-electron chi connectivity index (χ1n) is 10.3. The average molecular weight is 494 g/mol. The fraction of sp³-hybridized carbons (Fsp3) is 0.333. The second-order valence-corrected chi connectivity index (χ2v) is 11.8. The number of amides is 1. The summed E-state index contributed by atoms with van der Waals surface area (Å²) in [4.78, 5) is 24.2. The Kier molecular flexibility index (Phi) is 6.41. The van der Waals surface area contributed by atoms with E-state index in [0.717, 1.165) is 0 Å². The van der Waals surface area contributed by atoms with Gasteiger partial charge in [0.1, 0.15) is 0 Å². The van der Waals surface area contributed by atoms with Crippen LogP contribution in [0, 0.1) is 0 Å². The summed E-state index contributed by atoms with van der Waals surface area (Å²) < 4.78 is 57.1. The number of benzene rings is 2. The topological polar surface area (TPSA) is 145 Å². The normalized spacial score (nSPS) is 17.9. The molecule has 1 amide bonds. The van der Waals surface area contributed by atoms with Crippen LogP contribution >= 0.6 is 0 Å². The lowest BCUT2D eigenvalue weighted by atomic mass is 10.2. The first kappa shape index (κ1) is 23.2. The highest BCUT2D eigenvalue weighted by Crippen LogP contribution is 2.18. The number of carbonyl (C=O) groups excluding carboxylic acids is 1. The summed E-state index contributed by atoms with van der Waals surface area (Å²) in [6, 6.07) is 12.0. The third-order valence-corrected chi connectivity index (χ3v) is 8.67. The van der Waals surface area contributed by atoms with Crippen LogP contribution in [0.4, 0.5) is 5.69 Å². The molecule has 0 aliphatic carbocycles. The molecular formula is C21H23N3O7S2. The fourth-order valence-corrected chi connectivity index (χ4v) is 6.79. The molecule has 3 aromatic rings. The predicted molar refractivity (Wildman–Crippen MR) is 122 cm³/mol. The van der Waals surface area contributed by atoms with Crippen molar-refractivity contribution in [3.63, 3.8) is 0 Å². The zero-order valence-corrected chi connectivity index (χ0v) is 19.2. The second-order valence-electron chi connectivity index (χ2n) is 7.88. The Morgan fingerprint density at radius 3 is 2.55 bits per heavy atom. The van der Waals surface area contributed by atoms with Crippen LogP contribution < -0.4 is 15.8 Å². The maximum atomic E-state index is 12.5. The fourth-order valence-electron chi connectivity index (χ4n) is 3.74. The van der Waals surface area contributed by atoms with Crippen LogP contribution in [-0.4, -0.2) is 44.9 Å². The molecule has 0 saturated carbocycles. The molecule has 2 aromatic carbocycles. The molecule has 10 nitrogen and oxygen atoms in total. The molecule has 1 saturated heterocycles. The molecule has 0 bridgehead atoms. The minimum absolute atomic E-state index is 0.0176. The molecule has 33 heavy (non-hydrogen) atoms. The maximum absolute atomic E-state index is 12.5. The SMILES string of the molecule is O=C(CCCn1c(=O)oc2ccccc21)Nc1ccc(S(=O)(=O)N[C@H]2CCS(=O)(=O)C2)cc1. The molecule has 0 unspecified atom stereocenters. The summed E-state index contributed by atoms with van der Waals surface area (Å²) in [5, 5.41) is 2.69. The Morgan fingerprint density at radius 1 is 1.12 bits per heavy atom. The number of hydrogen-bond acceptors (Lipinski definition) is 7. The number of aromatic nitrogens is 1. The predicted octanol–water partition coefficient (Wildman–Crippen LogP) is 1.48. The first-order valence-corrected chi connectivity index (χ1v) is 13.6. The third-order valence-electron chi connectivity index (χ3n) is 5.36. The van der Waals surface area contributed by atoms with Gasteiger partial charge >= 0.3 is 5.76 Å². The number of sulfone groups is 1. The minimum Gasteiger partial charge on any atom is -0.408 e. The average Bonchev–Trinajstić information content (AvgIpc) is 3.26. The zero-order valence-electron chi connectivity index (χ0n) is 17.6. The molecule has 1 atom stereocenters. The number of carbonyl (C=O) groups is 1. The van der Waals surface area contributed by atoms with E-state index in [-0.39, 0.29) is 35.2 Å². The lowest BCUT2D eigenvalue weighted by Crippen LogP contribution is -2.35. The third kappa shape index (κ3) is 5.52. The van der Waals surface area contributed by atoms with E-state index in [2.05, 4.69) is 10.0 Å². The largest absolute Gasteiger partial charge is 0.419 e. The van der Waals surface area contributed by atoms with Gasteiger partial charge in [0.25, 0.3) is 0 Å². The molecule has 1 aliphatic rings. The van der Waals surface area contributed by atoms with Crippen LogP contribution in [-0.2, 0) is 31.2 Å². The van der Waals surface area contributed by atoms with Crippen molar-refractivity contribution in [2.24, 2.45) is 0 Å². The van der Waals surface area contributed by atoms with Gasteiger partial charge in [-0.05, 0) is 49.2 Å². The van der Waals surface area contributed by atoms with Gasteiger partial charge in [0.05, 0.1) is 21.9 Å². The van der Waals surface area contributed by atoms with Gasteiger partial charge in [0, 0.05) is 24.7 Å². The van der Waals surface area contributed by atoms with E-state index in [1.165, 1.54) is 28.8 Å². The summed E-state index contributed by atoms with van der Waals surface area (Å²) in [6.07, 6.45) is 0.816. The Labute approximate surface area is 190 Å². The molecule has 4 rings (SSSR count). The highest BCUT2D eigenvalue weighted by Gasteiger charge is 2.31. The molecule has 0 radical (unpaired) electrons. The molecule has 0 spiro atoms. The Bertz CT molecular complexity index is 1440. The zero-order chi connectivity index (χ0) is 23.6. The van der Waals surface area contributed by atoms with Crippen LogP contribution in [0.25, 0.3) is 11.1 Å². The molecule has 176 valence electrons. The van der Waals surface area contributed by atoms with Gasteiger partial charge in [0.15, 0.2) is 15.4 Å². The number of fused-ring (bicyclic) bond motifs is 1. The Morgan fingerprint density at radius 2 is 1.85 bits per heavy atom. The standard InChI is InChI=1S/C21H23N3O7S2/c25-20(6-3-12-24-18-4-1-2-5-19(18)31-21(24)26)22-15-7-9-17(10-8-15)33(29,30)23-16-11-13-32(27,28)14-16/h1-2,4-5,7-10,16,23H,3,6,11-14H2,(H,22,25)/t16-/m0/s1. The number of anilines is 1. The van der Waals surface area contributed by atoms with Crippen molar-refractivity contribution >= 4 is 42.6 Å². The molecule has 1 aliphatic heterocycles. The number of rotatable bonds is 8. The Balaban J connectivity index is 1.31. The summed E-state index contributed by atoms with van der Waals surface area (Å²) in [5.74, 6) is -0.990. The van der Waals surface area contributed by atoms with Crippen LogP contribution in [0.5, 0.6) is 0 Å². The van der Waals surface area contributed by atoms with Crippen LogP contribution in [0.15, 0.2) is 62.6 Å². The summed E-state index contributed by atoms with van der Waals surface area (Å²) in [7, 11) is -7.07. The number of sulfonamides is 1. The lowest BCUT2D eigenvalue weighted by Gasteiger charge is -2.12. The highest BCUT2D eigenvalue weighted by molar-refractivity contribution is 7.92. The van der Waals surface area contributed by atoms with Gasteiger partial charge in [-0.25, -0.2) is 26.4 Å². The van der Waals surface area contributed by atoms with E-state index in [0.29, 0.717) is 29.8 Å². The maximum Gasteiger partial charge on any atom is 0.419 e. The Hall–Kier alpha value is -2.96. The number of nitrogens with one attached hydrogen (secondary N) is 2. The number of aryl methyl sites for hydroxylation is 1. The molecule has 1 fully saturated rings. The van der Waals surface area contributed by atoms with Crippen molar-refractivity contribution in [2.75, 3.05) is 16.8 Å². The van der Waals surface area contributed by atoms with Crippen LogP contribution in [0.3, 0.4) is 0 Å². The second kappa shape index (κ2) is 9.12. The van der Waals surface area contributed by atoms with E-state index in [1.54, 1.807) is 24.3 Å². The number of nitrogens with zero attached hydrogens (tertiary/aromatic N) is 1. The van der Waals surface area contributed by atoms with E-state index in [9.17, 15) is 26.4 Å². The summed E-state index contributed by atoms with van der Waals surface area (Å²) in [5.41, 5.74) is 1.59. The molecule has 1 aromatic heterocycles. The van der Waals surface area contributed by atoms with Gasteiger partial charge in [-0.2, -0.15) is 0 Å². The quantitative estimate of drug-likeness (QED) is 0.483. The highest BCUT2D eigenvalue weighted by atomic mass is 32.2. The van der Waals surface area contributed by atoms with Crippen molar-refractivity contribution in [1.82, 2.24) is 9.29 Å². The molecule has 2 heterocycles. The van der Waals surface area contributed by atoms with E-state index < -0.39 is 31.7 Å². The van der Waals surface area contributed by atoms with E-state index >= 15 is 0 Å². The van der Waals surface area contributed by atoms with Crippen LogP contribution in [0.2, 0.25) is 0 Å². The van der Waals surface area contributed by atoms with E-state index in [4.69, 9.17) is 4.42 Å². The van der Waals surface area contributed by atoms with Gasteiger partial charge < -0.3 is 9.73 Å².